The number of nitrogens with one attached hydrogen (secondary N) is 1. The van der Waals surface area contributed by atoms with Gasteiger partial charge in [0.15, 0.2) is 11.6 Å². The van der Waals surface area contributed by atoms with E-state index in [1.807, 2.05) is 6.21 Å². The van der Waals surface area contributed by atoms with Crippen LogP contribution in [0.1, 0.15) is 55.6 Å². The Hall–Kier alpha value is -4.08. The van der Waals surface area contributed by atoms with Crippen LogP contribution in [0.25, 0.3) is 5.69 Å². The van der Waals surface area contributed by atoms with E-state index in [-0.39, 0.29) is 11.2 Å². The number of para-hydroxylation sites is 1. The highest BCUT2D eigenvalue weighted by Crippen LogP contribution is 2.39. The molecule has 1 saturated carbocycles. The Morgan fingerprint density at radius 1 is 1.16 bits per heavy atom. The first kappa shape index (κ1) is 25.6. The fourth-order valence-electron chi connectivity index (χ4n) is 4.95. The molecule has 2 fully saturated rings. The van der Waals surface area contributed by atoms with Gasteiger partial charge in [-0.2, -0.15) is 9.78 Å². The average Bonchev–Trinajstić information content (AvgIpc) is 3.29. The van der Waals surface area contributed by atoms with Crippen molar-refractivity contribution in [3.05, 3.63) is 75.7 Å². The number of anilines is 3. The fraction of sp³-hybridized carbons (Fsp3) is 0.357. The van der Waals surface area contributed by atoms with Crippen LogP contribution < -0.4 is 21.5 Å². The van der Waals surface area contributed by atoms with E-state index in [9.17, 15) is 18.4 Å². The summed E-state index contributed by atoms with van der Waals surface area (Å²) in [7, 11) is 0. The molecule has 1 atom stereocenters. The second-order valence-corrected chi connectivity index (χ2v) is 10.4. The molecule has 2 heterocycles. The Labute approximate surface area is 219 Å². The number of nitrogen functional groups attached to an aromatic ring is 1. The van der Waals surface area contributed by atoms with Crippen LogP contribution in [-0.4, -0.2) is 40.5 Å². The van der Waals surface area contributed by atoms with Crippen molar-refractivity contribution in [3.8, 4) is 5.69 Å². The van der Waals surface area contributed by atoms with Crippen LogP contribution in [0.2, 0.25) is 0 Å². The van der Waals surface area contributed by atoms with Crippen molar-refractivity contribution in [1.29, 1.82) is 0 Å². The Balaban J connectivity index is 1.53. The normalized spacial score (nSPS) is 18.5. The first-order valence-electron chi connectivity index (χ1n) is 12.7. The molecule has 1 aliphatic carbocycles. The molecule has 1 aromatic heterocycles. The van der Waals surface area contributed by atoms with Gasteiger partial charge in [0.05, 0.1) is 16.9 Å². The number of nitrogens with two attached hydrogens (primary N) is 1. The third-order valence-corrected chi connectivity index (χ3v) is 7.36. The molecule has 0 unspecified atom stereocenters. The highest BCUT2D eigenvalue weighted by molar-refractivity contribution is 6.08. The van der Waals surface area contributed by atoms with Crippen molar-refractivity contribution in [2.75, 3.05) is 29.0 Å². The number of benzene rings is 2. The molecule has 1 amide bonds. The van der Waals surface area contributed by atoms with Crippen molar-refractivity contribution in [1.82, 2.24) is 9.78 Å². The summed E-state index contributed by atoms with van der Waals surface area (Å²) in [5, 5.41) is 6.85. The van der Waals surface area contributed by atoms with Crippen molar-refractivity contribution in [2.45, 2.75) is 45.1 Å². The van der Waals surface area contributed by atoms with Gasteiger partial charge in [-0.1, -0.05) is 13.0 Å². The summed E-state index contributed by atoms with van der Waals surface area (Å²) in [6.07, 6.45) is 5.97. The minimum absolute atomic E-state index is 0.110. The summed E-state index contributed by atoms with van der Waals surface area (Å²) in [4.78, 5) is 32.7. The summed E-state index contributed by atoms with van der Waals surface area (Å²) in [5.74, 6) is -2.10. The number of halogens is 2. The first-order valence-corrected chi connectivity index (χ1v) is 12.7. The lowest BCUT2D eigenvalue weighted by Gasteiger charge is -2.34. The molecule has 8 nitrogen and oxygen atoms in total. The maximum absolute atomic E-state index is 14.4. The van der Waals surface area contributed by atoms with E-state index < -0.39 is 28.8 Å². The lowest BCUT2D eigenvalue weighted by Crippen LogP contribution is -2.31. The third kappa shape index (κ3) is 4.90. The van der Waals surface area contributed by atoms with Crippen LogP contribution in [0.4, 0.5) is 25.8 Å². The van der Waals surface area contributed by atoms with E-state index in [0.717, 1.165) is 68.2 Å². The quantitative estimate of drug-likeness (QED) is 0.366. The maximum Gasteiger partial charge on any atom is 0.276 e. The topological polar surface area (TPSA) is 106 Å². The highest BCUT2D eigenvalue weighted by Gasteiger charge is 2.31. The van der Waals surface area contributed by atoms with Crippen molar-refractivity contribution >= 4 is 29.2 Å². The van der Waals surface area contributed by atoms with E-state index in [2.05, 4.69) is 29.2 Å². The van der Waals surface area contributed by atoms with Gasteiger partial charge in [-0.05, 0) is 68.9 Å². The Kier molecular flexibility index (Phi) is 6.73. The predicted octanol–water partition coefficient (Wildman–Crippen LogP) is 4.55. The van der Waals surface area contributed by atoms with Crippen LogP contribution in [0, 0.1) is 17.6 Å². The smallest absolute Gasteiger partial charge is 0.276 e. The van der Waals surface area contributed by atoms with Gasteiger partial charge >= 0.3 is 0 Å². The van der Waals surface area contributed by atoms with E-state index in [1.54, 1.807) is 12.1 Å². The molecule has 3 aromatic rings. The second-order valence-electron chi connectivity index (χ2n) is 10.4. The second kappa shape index (κ2) is 10.00. The number of carbonyl (C=O) groups is 1. The van der Waals surface area contributed by atoms with E-state index in [1.165, 1.54) is 12.1 Å². The van der Waals surface area contributed by atoms with Gasteiger partial charge in [0.2, 0.25) is 0 Å². The molecule has 198 valence electrons. The zero-order valence-electron chi connectivity index (χ0n) is 21.4. The van der Waals surface area contributed by atoms with E-state index >= 15 is 0 Å². The van der Waals surface area contributed by atoms with Crippen LogP contribution in [-0.2, 0) is 0 Å². The minimum Gasteiger partial charge on any atom is -0.398 e. The number of carbonyl (C=O) groups excluding carboxylic acids is 1. The zero-order chi connectivity index (χ0) is 27.0. The summed E-state index contributed by atoms with van der Waals surface area (Å²) in [6.45, 7) is 5.87. The summed E-state index contributed by atoms with van der Waals surface area (Å²) >= 11 is 0. The maximum atomic E-state index is 14.4. The van der Waals surface area contributed by atoms with Crippen LogP contribution in [0.5, 0.6) is 0 Å². The molecule has 5 rings (SSSR count). The van der Waals surface area contributed by atoms with Crippen LogP contribution >= 0.6 is 0 Å². The SMILES string of the molecule is C[C@H]1CCN(c2c(NC(=O)c3ccc(=O)n(-c4c(F)cccc4F)n3)ccc(N)c2C=NC2(C)CCC2)C1. The van der Waals surface area contributed by atoms with Gasteiger partial charge in [-0.25, -0.2) is 8.78 Å². The molecule has 3 N–H and O–H groups in total. The molecular weight excluding hydrogens is 490 g/mol. The first-order chi connectivity index (χ1) is 18.1. The molecule has 2 aliphatic rings. The molecule has 0 bridgehead atoms. The number of hydrogen-bond donors (Lipinski definition) is 2. The molecule has 2 aromatic carbocycles. The molecule has 1 aliphatic heterocycles. The summed E-state index contributed by atoms with van der Waals surface area (Å²) in [6, 6.07) is 8.93. The van der Waals surface area contributed by atoms with Crippen LogP contribution in [0.15, 0.2) is 52.3 Å². The average molecular weight is 521 g/mol. The number of aromatic nitrogens is 2. The van der Waals surface area contributed by atoms with Crippen molar-refractivity contribution < 1.29 is 13.6 Å². The van der Waals surface area contributed by atoms with E-state index in [4.69, 9.17) is 10.7 Å². The van der Waals surface area contributed by atoms with E-state index in [0.29, 0.717) is 22.0 Å². The monoisotopic (exact) mass is 520 g/mol. The molecular formula is C28H30F2N6O2. The number of aliphatic imine (C=N–C) groups is 1. The molecule has 38 heavy (non-hydrogen) atoms. The van der Waals surface area contributed by atoms with Crippen molar-refractivity contribution in [3.63, 3.8) is 0 Å². The van der Waals surface area contributed by atoms with Crippen LogP contribution in [0.3, 0.4) is 0 Å². The van der Waals surface area contributed by atoms with Gasteiger partial charge in [0.1, 0.15) is 11.4 Å². The van der Waals surface area contributed by atoms with Gasteiger partial charge in [0.25, 0.3) is 11.5 Å². The zero-order valence-corrected chi connectivity index (χ0v) is 21.4. The predicted molar refractivity (Wildman–Crippen MR) is 144 cm³/mol. The Morgan fingerprint density at radius 3 is 2.53 bits per heavy atom. The highest BCUT2D eigenvalue weighted by atomic mass is 19.1. The third-order valence-electron chi connectivity index (χ3n) is 7.36. The minimum atomic E-state index is -0.967. The fourth-order valence-corrected chi connectivity index (χ4v) is 4.95. The Bertz CT molecular complexity index is 1460. The molecule has 0 radical (unpaired) electrons. The summed E-state index contributed by atoms with van der Waals surface area (Å²) < 4.78 is 29.3. The largest absolute Gasteiger partial charge is 0.398 e. The van der Waals surface area contributed by atoms with Gasteiger partial charge < -0.3 is 16.0 Å². The lowest BCUT2D eigenvalue weighted by atomic mass is 9.79. The van der Waals surface area contributed by atoms with Gasteiger partial charge in [0, 0.05) is 36.6 Å². The number of amides is 1. The summed E-state index contributed by atoms with van der Waals surface area (Å²) in [5.41, 5.74) is 7.25. The lowest BCUT2D eigenvalue weighted by molar-refractivity contribution is 0.102. The Morgan fingerprint density at radius 2 is 1.89 bits per heavy atom. The molecule has 10 heteroatoms. The number of nitrogens with zero attached hydrogens (tertiary/aromatic N) is 4. The number of hydrogen-bond acceptors (Lipinski definition) is 6. The van der Waals surface area contributed by atoms with Crippen molar-refractivity contribution in [2.24, 2.45) is 10.9 Å². The number of rotatable bonds is 6. The molecule has 1 saturated heterocycles. The van der Waals surface area contributed by atoms with Gasteiger partial charge in [-0.15, -0.1) is 0 Å². The van der Waals surface area contributed by atoms with Gasteiger partial charge in [-0.3, -0.25) is 14.6 Å². The molecule has 0 spiro atoms. The standard InChI is InChI=1S/C28H30F2N6O2/c1-17-11-14-35(16-17)25-18(15-32-28(2)12-4-13-28)21(31)7-8-22(25)33-27(38)23-9-10-24(37)36(34-23)26-19(29)5-3-6-20(26)30/h3,5-10,15,17H,4,11-14,16,31H2,1-2H3,(H,33,38)/t17-/m0/s1.